The lowest BCUT2D eigenvalue weighted by Crippen LogP contribution is -2.64. The van der Waals surface area contributed by atoms with E-state index in [4.69, 9.17) is 18.5 Å². The predicted molar refractivity (Wildman–Crippen MR) is 198 cm³/mol. The maximum atomic E-state index is 12.7. The molecule has 0 amide bonds. The first-order chi connectivity index (χ1) is 24.9. The summed E-state index contributed by atoms with van der Waals surface area (Å²) in [6.07, 6.45) is 17.9. The summed E-state index contributed by atoms with van der Waals surface area (Å²) in [4.78, 5) is 35.3. The van der Waals surface area contributed by atoms with Gasteiger partial charge in [-0.3, -0.25) is 18.6 Å². The third-order valence-corrected chi connectivity index (χ3v) is 9.39. The molecule has 0 radical (unpaired) electrons. The highest BCUT2D eigenvalue weighted by Crippen LogP contribution is 2.47. The van der Waals surface area contributed by atoms with Gasteiger partial charge in [-0.05, 0) is 44.9 Å². The highest BCUT2D eigenvalue weighted by atomic mass is 31.2. The number of hydrogen-bond acceptors (Lipinski definition) is 12. The summed E-state index contributed by atoms with van der Waals surface area (Å²) in [5, 5.41) is 49.8. The molecule has 6 N–H and O–H groups in total. The number of allylic oxidation sites excluding steroid dienone is 8. The molecule has 1 fully saturated rings. The number of hydrogen-bond donors (Lipinski definition) is 6. The highest BCUT2D eigenvalue weighted by Gasteiger charge is 2.51. The minimum absolute atomic E-state index is 0.0201. The number of unbranched alkanes of at least 4 members (excludes halogenated alkanes) is 9. The number of aliphatic hydroxyl groups is 5. The third kappa shape index (κ3) is 22.1. The average Bonchev–Trinajstić information content (AvgIpc) is 3.12. The molecule has 13 nitrogen and oxygen atoms in total. The zero-order chi connectivity index (χ0) is 38.6. The summed E-state index contributed by atoms with van der Waals surface area (Å²) >= 11 is 0. The predicted octanol–water partition coefficient (Wildman–Crippen LogP) is 5.66. The molecule has 300 valence electrons. The van der Waals surface area contributed by atoms with Crippen LogP contribution in [-0.4, -0.2) is 98.3 Å². The lowest BCUT2D eigenvalue weighted by Gasteiger charge is -2.41. The first kappa shape index (κ1) is 47.8. The van der Waals surface area contributed by atoms with Crippen molar-refractivity contribution in [2.24, 2.45) is 0 Å². The zero-order valence-corrected chi connectivity index (χ0v) is 32.0. The fourth-order valence-corrected chi connectivity index (χ4v) is 6.26. The van der Waals surface area contributed by atoms with Crippen LogP contribution >= 0.6 is 7.82 Å². The van der Waals surface area contributed by atoms with E-state index < -0.39 is 75.7 Å². The molecule has 0 aromatic carbocycles. The second-order valence-electron chi connectivity index (χ2n) is 13.1. The fraction of sp³-hybridized carbons (Fsp3) is 0.737. The number of phosphoric ester groups is 1. The molecular weight excluding hydrogens is 695 g/mol. The molecule has 0 bridgehead atoms. The van der Waals surface area contributed by atoms with Gasteiger partial charge in [0.25, 0.3) is 0 Å². The van der Waals surface area contributed by atoms with Gasteiger partial charge in [-0.1, -0.05) is 114 Å². The molecule has 1 aliphatic carbocycles. The Bertz CT molecular complexity index is 1110. The van der Waals surface area contributed by atoms with E-state index in [1.165, 1.54) is 19.3 Å². The van der Waals surface area contributed by atoms with E-state index in [1.807, 2.05) is 12.2 Å². The standard InChI is InChI=1S/C38H65O13P/c1-3-5-7-9-11-13-14-15-16-17-18-19-21-23-25-27-32(40)50-30(28-48-31(39)26-24-22-20-12-10-8-6-4-2)29-49-52(46,47)51-38-36(44)34(42)33(41)35(43)37(38)45/h7,9,13-14,16-17,19,21,30,33-38,41-45H,3-6,8,10-12,15,18,20,22-29H2,1-2H3,(H,46,47)/b9-7+,14-13+,17-16+,21-19+/t30-,33?,34-,35+,36-,37-,38?/m1/s1. The molecule has 1 aliphatic rings. The van der Waals surface area contributed by atoms with E-state index in [9.17, 15) is 44.6 Å². The summed E-state index contributed by atoms with van der Waals surface area (Å²) in [7, 11) is -5.12. The lowest BCUT2D eigenvalue weighted by atomic mass is 9.85. The molecule has 1 rings (SSSR count). The molecule has 14 heteroatoms. The fourth-order valence-electron chi connectivity index (χ4n) is 5.28. The number of carbonyl (C=O) groups excluding carboxylic acids is 2. The van der Waals surface area contributed by atoms with Crippen LogP contribution in [0.4, 0.5) is 0 Å². The Hall–Kier alpha value is -2.19. The highest BCUT2D eigenvalue weighted by molar-refractivity contribution is 7.47. The molecule has 3 unspecified atom stereocenters. The van der Waals surface area contributed by atoms with E-state index in [2.05, 4.69) is 50.3 Å². The molecule has 0 aromatic rings. The Balaban J connectivity index is 2.60. The van der Waals surface area contributed by atoms with Crippen LogP contribution < -0.4 is 0 Å². The van der Waals surface area contributed by atoms with Gasteiger partial charge in [0.15, 0.2) is 6.10 Å². The van der Waals surface area contributed by atoms with Crippen molar-refractivity contribution >= 4 is 19.8 Å². The molecule has 8 atom stereocenters. The SMILES string of the molecule is CCC/C=C/C/C=C/C/C=C/C/C=C/CCCC(=O)O[C@H](COC(=O)CCCCCCCCCC)COP(=O)(O)OC1[C@H](O)[C@H](O)C(O)[C@H](O)[C@H]1O. The van der Waals surface area contributed by atoms with E-state index in [0.29, 0.717) is 19.3 Å². The molecule has 0 aromatic heterocycles. The van der Waals surface area contributed by atoms with Crippen LogP contribution in [0.1, 0.15) is 123 Å². The number of ether oxygens (including phenoxy) is 2. The molecular formula is C38H65O13P. The van der Waals surface area contributed by atoms with Crippen molar-refractivity contribution in [1.29, 1.82) is 0 Å². The number of carbonyl (C=O) groups is 2. The summed E-state index contributed by atoms with van der Waals surface area (Å²) < 4.78 is 33.2. The first-order valence-corrected chi connectivity index (χ1v) is 20.4. The maximum Gasteiger partial charge on any atom is 0.472 e. The summed E-state index contributed by atoms with van der Waals surface area (Å²) in [5.41, 5.74) is 0. The Kier molecular flexibility index (Phi) is 26.9. The van der Waals surface area contributed by atoms with Crippen molar-refractivity contribution in [3.63, 3.8) is 0 Å². The van der Waals surface area contributed by atoms with Gasteiger partial charge in [-0.2, -0.15) is 0 Å². The number of aliphatic hydroxyl groups excluding tert-OH is 5. The van der Waals surface area contributed by atoms with Crippen LogP contribution in [0.5, 0.6) is 0 Å². The average molecular weight is 761 g/mol. The van der Waals surface area contributed by atoms with Gasteiger partial charge in [0.05, 0.1) is 6.61 Å². The number of phosphoric acid groups is 1. The molecule has 0 aliphatic heterocycles. The topological polar surface area (TPSA) is 210 Å². The second-order valence-corrected chi connectivity index (χ2v) is 14.5. The van der Waals surface area contributed by atoms with E-state index in [-0.39, 0.29) is 12.8 Å². The van der Waals surface area contributed by atoms with Gasteiger partial charge in [0, 0.05) is 12.8 Å². The monoisotopic (exact) mass is 760 g/mol. The molecule has 52 heavy (non-hydrogen) atoms. The largest absolute Gasteiger partial charge is 0.472 e. The van der Waals surface area contributed by atoms with Gasteiger partial charge in [0.2, 0.25) is 0 Å². The van der Waals surface area contributed by atoms with Crippen LogP contribution in [0, 0.1) is 0 Å². The van der Waals surface area contributed by atoms with Crippen LogP contribution in [0.3, 0.4) is 0 Å². The maximum absolute atomic E-state index is 12.7. The van der Waals surface area contributed by atoms with Crippen molar-refractivity contribution in [2.75, 3.05) is 13.2 Å². The van der Waals surface area contributed by atoms with E-state index >= 15 is 0 Å². The number of rotatable bonds is 29. The van der Waals surface area contributed by atoms with Gasteiger partial charge in [0.1, 0.15) is 43.2 Å². The molecule has 0 heterocycles. The first-order valence-electron chi connectivity index (χ1n) is 18.9. The van der Waals surface area contributed by atoms with Gasteiger partial charge in [-0.15, -0.1) is 0 Å². The van der Waals surface area contributed by atoms with Crippen LogP contribution in [0.2, 0.25) is 0 Å². The van der Waals surface area contributed by atoms with Crippen LogP contribution in [0.15, 0.2) is 48.6 Å². The van der Waals surface area contributed by atoms with Gasteiger partial charge >= 0.3 is 19.8 Å². The molecule has 0 spiro atoms. The second kappa shape index (κ2) is 29.2. The van der Waals surface area contributed by atoms with Gasteiger partial charge in [-0.25, -0.2) is 4.57 Å². The Morgan fingerprint density at radius 3 is 1.63 bits per heavy atom. The number of esters is 2. The third-order valence-electron chi connectivity index (χ3n) is 8.40. The minimum Gasteiger partial charge on any atom is -0.462 e. The smallest absolute Gasteiger partial charge is 0.462 e. The summed E-state index contributed by atoms with van der Waals surface area (Å²) in [6, 6.07) is 0. The minimum atomic E-state index is -5.12. The Morgan fingerprint density at radius 1 is 0.596 bits per heavy atom. The summed E-state index contributed by atoms with van der Waals surface area (Å²) in [6.45, 7) is 3.09. The van der Waals surface area contributed by atoms with Crippen molar-refractivity contribution in [3.8, 4) is 0 Å². The van der Waals surface area contributed by atoms with Crippen molar-refractivity contribution in [3.05, 3.63) is 48.6 Å². The lowest BCUT2D eigenvalue weighted by molar-refractivity contribution is -0.220. The Morgan fingerprint density at radius 2 is 1.08 bits per heavy atom. The van der Waals surface area contributed by atoms with E-state index in [1.54, 1.807) is 0 Å². The molecule has 0 saturated heterocycles. The van der Waals surface area contributed by atoms with Gasteiger partial charge < -0.3 is 39.9 Å². The van der Waals surface area contributed by atoms with Crippen molar-refractivity contribution < 1.29 is 63.1 Å². The van der Waals surface area contributed by atoms with Crippen molar-refractivity contribution in [2.45, 2.75) is 166 Å². The quantitative estimate of drug-likeness (QED) is 0.0236. The molecule has 1 saturated carbocycles. The van der Waals surface area contributed by atoms with Crippen molar-refractivity contribution in [1.82, 2.24) is 0 Å². The summed E-state index contributed by atoms with van der Waals surface area (Å²) in [5.74, 6) is -1.18. The van der Waals surface area contributed by atoms with Crippen LogP contribution in [0.25, 0.3) is 0 Å². The van der Waals surface area contributed by atoms with E-state index in [0.717, 1.165) is 57.8 Å². The normalized spacial score (nSPS) is 24.2. The van der Waals surface area contributed by atoms with Crippen LogP contribution in [-0.2, 0) is 32.7 Å². The zero-order valence-electron chi connectivity index (χ0n) is 31.1. The Labute approximate surface area is 310 Å².